The van der Waals surface area contributed by atoms with Crippen LogP contribution in [0.25, 0.3) is 23.0 Å². The Hall–Kier alpha value is -3.78. The van der Waals surface area contributed by atoms with Crippen molar-refractivity contribution < 1.29 is 18.8 Å². The maximum atomic E-state index is 12.6. The molecule has 2 aromatic carbocycles. The monoisotopic (exact) mass is 438 g/mol. The Morgan fingerprint density at radius 1 is 1.10 bits per heavy atom. The van der Waals surface area contributed by atoms with Crippen LogP contribution in [0.2, 0.25) is 5.02 Å². The lowest BCUT2D eigenvalue weighted by atomic mass is 10.2. The quantitative estimate of drug-likeness (QED) is 0.456. The molecule has 0 spiro atoms. The van der Waals surface area contributed by atoms with Crippen LogP contribution in [0.1, 0.15) is 0 Å². The fourth-order valence-corrected chi connectivity index (χ4v) is 3.24. The SMILES string of the molecule is COc1cc(NC(=O)Cn2cccc2-c2nc(-c3cccc(Cl)c3)no2)cc(OC)c1. The second-order valence-electron chi connectivity index (χ2n) is 6.60. The molecule has 0 unspecified atom stereocenters. The summed E-state index contributed by atoms with van der Waals surface area (Å²) in [5.41, 5.74) is 1.93. The highest BCUT2D eigenvalue weighted by Crippen LogP contribution is 2.27. The minimum Gasteiger partial charge on any atom is -0.497 e. The molecule has 0 fully saturated rings. The molecule has 9 heteroatoms. The molecule has 0 saturated carbocycles. The van der Waals surface area contributed by atoms with Crippen molar-refractivity contribution in [3.05, 3.63) is 65.8 Å². The minimum atomic E-state index is -0.234. The van der Waals surface area contributed by atoms with Crippen molar-refractivity contribution in [3.63, 3.8) is 0 Å². The van der Waals surface area contributed by atoms with Gasteiger partial charge in [-0.2, -0.15) is 4.98 Å². The Morgan fingerprint density at radius 2 is 1.87 bits per heavy atom. The third kappa shape index (κ3) is 4.70. The Balaban J connectivity index is 1.51. The van der Waals surface area contributed by atoms with Gasteiger partial charge in [0.15, 0.2) is 0 Å². The van der Waals surface area contributed by atoms with Crippen LogP contribution in [-0.2, 0) is 11.3 Å². The Bertz CT molecular complexity index is 1200. The standard InChI is InChI=1S/C22H19ClN4O4/c1-29-17-10-16(11-18(12-17)30-2)24-20(28)13-27-8-4-7-19(27)22-25-21(26-31-22)14-5-3-6-15(23)9-14/h3-12H,13H2,1-2H3,(H,24,28). The predicted molar refractivity (Wildman–Crippen MR) is 116 cm³/mol. The molecule has 1 N–H and O–H groups in total. The van der Waals surface area contributed by atoms with Gasteiger partial charge in [0.05, 0.1) is 14.2 Å². The van der Waals surface area contributed by atoms with Gasteiger partial charge >= 0.3 is 0 Å². The van der Waals surface area contributed by atoms with Gasteiger partial charge in [0.1, 0.15) is 23.7 Å². The first-order valence-corrected chi connectivity index (χ1v) is 9.71. The molecule has 0 aliphatic rings. The summed E-state index contributed by atoms with van der Waals surface area (Å²) in [6.07, 6.45) is 1.77. The van der Waals surface area contributed by atoms with E-state index in [2.05, 4.69) is 15.5 Å². The van der Waals surface area contributed by atoms with Crippen LogP contribution in [-0.4, -0.2) is 34.8 Å². The lowest BCUT2D eigenvalue weighted by molar-refractivity contribution is -0.116. The molecule has 4 rings (SSSR count). The van der Waals surface area contributed by atoms with Gasteiger partial charge in [0, 0.05) is 40.7 Å². The van der Waals surface area contributed by atoms with E-state index in [9.17, 15) is 4.79 Å². The number of anilines is 1. The molecule has 158 valence electrons. The molecule has 8 nitrogen and oxygen atoms in total. The van der Waals surface area contributed by atoms with E-state index < -0.39 is 0 Å². The van der Waals surface area contributed by atoms with Crippen molar-refractivity contribution in [2.75, 3.05) is 19.5 Å². The molecule has 1 amide bonds. The summed E-state index contributed by atoms with van der Waals surface area (Å²) in [4.78, 5) is 17.1. The number of methoxy groups -OCH3 is 2. The number of aromatic nitrogens is 3. The van der Waals surface area contributed by atoms with Crippen molar-refractivity contribution in [1.29, 1.82) is 0 Å². The van der Waals surface area contributed by atoms with Crippen molar-refractivity contribution in [1.82, 2.24) is 14.7 Å². The number of rotatable bonds is 7. The average molecular weight is 439 g/mol. The largest absolute Gasteiger partial charge is 0.497 e. The number of nitrogens with zero attached hydrogens (tertiary/aromatic N) is 3. The number of halogens is 1. The first-order valence-electron chi connectivity index (χ1n) is 9.34. The lowest BCUT2D eigenvalue weighted by Crippen LogP contribution is -2.18. The Morgan fingerprint density at radius 3 is 2.58 bits per heavy atom. The zero-order valence-corrected chi connectivity index (χ0v) is 17.6. The molecule has 31 heavy (non-hydrogen) atoms. The van der Waals surface area contributed by atoms with Crippen molar-refractivity contribution in [2.24, 2.45) is 0 Å². The minimum absolute atomic E-state index is 0.0523. The van der Waals surface area contributed by atoms with E-state index >= 15 is 0 Å². The highest BCUT2D eigenvalue weighted by Gasteiger charge is 2.16. The second-order valence-corrected chi connectivity index (χ2v) is 7.04. The van der Waals surface area contributed by atoms with E-state index in [4.69, 9.17) is 25.6 Å². The van der Waals surface area contributed by atoms with Crippen LogP contribution in [0.4, 0.5) is 5.69 Å². The van der Waals surface area contributed by atoms with Gasteiger partial charge in [0.25, 0.3) is 5.89 Å². The maximum absolute atomic E-state index is 12.6. The number of carbonyl (C=O) groups is 1. The number of nitrogens with one attached hydrogen (secondary N) is 1. The van der Waals surface area contributed by atoms with Crippen molar-refractivity contribution in [2.45, 2.75) is 6.54 Å². The average Bonchev–Trinajstić information content (AvgIpc) is 3.42. The van der Waals surface area contributed by atoms with Gasteiger partial charge in [-0.25, -0.2) is 0 Å². The molecule has 0 bridgehead atoms. The van der Waals surface area contributed by atoms with Crippen molar-refractivity contribution >= 4 is 23.2 Å². The van der Waals surface area contributed by atoms with Gasteiger partial charge in [-0.1, -0.05) is 28.9 Å². The summed E-state index contributed by atoms with van der Waals surface area (Å²) < 4.78 is 17.6. The third-order valence-electron chi connectivity index (χ3n) is 4.51. The summed E-state index contributed by atoms with van der Waals surface area (Å²) in [5, 5.41) is 7.45. The van der Waals surface area contributed by atoms with E-state index in [-0.39, 0.29) is 12.5 Å². The summed E-state index contributed by atoms with van der Waals surface area (Å²) in [7, 11) is 3.10. The van der Waals surface area contributed by atoms with Crippen LogP contribution in [0.5, 0.6) is 11.5 Å². The van der Waals surface area contributed by atoms with Gasteiger partial charge < -0.3 is 23.9 Å². The van der Waals surface area contributed by atoms with Crippen molar-refractivity contribution in [3.8, 4) is 34.5 Å². The first-order chi connectivity index (χ1) is 15.1. The molecule has 4 aromatic rings. The lowest BCUT2D eigenvalue weighted by Gasteiger charge is -2.11. The highest BCUT2D eigenvalue weighted by molar-refractivity contribution is 6.30. The normalized spacial score (nSPS) is 10.7. The van der Waals surface area contributed by atoms with Gasteiger partial charge in [-0.05, 0) is 24.3 Å². The summed E-state index contributed by atoms with van der Waals surface area (Å²) in [6.45, 7) is 0.0523. The third-order valence-corrected chi connectivity index (χ3v) is 4.74. The Kier molecular flexibility index (Phi) is 5.90. The van der Waals surface area contributed by atoms with Gasteiger partial charge in [0.2, 0.25) is 11.7 Å². The van der Waals surface area contributed by atoms with Gasteiger partial charge in [-0.3, -0.25) is 4.79 Å². The zero-order valence-electron chi connectivity index (χ0n) is 16.8. The predicted octanol–water partition coefficient (Wildman–Crippen LogP) is 4.51. The maximum Gasteiger partial charge on any atom is 0.274 e. The molecule has 0 aliphatic heterocycles. The first kappa shape index (κ1) is 20.5. The van der Waals surface area contributed by atoms with Crippen LogP contribution in [0.15, 0.2) is 65.3 Å². The van der Waals surface area contributed by atoms with E-state index in [1.807, 2.05) is 12.1 Å². The molecule has 2 aromatic heterocycles. The number of hydrogen-bond acceptors (Lipinski definition) is 6. The zero-order chi connectivity index (χ0) is 21.8. The fraction of sp³-hybridized carbons (Fsp3) is 0.136. The molecule has 0 saturated heterocycles. The highest BCUT2D eigenvalue weighted by atomic mass is 35.5. The molecule has 0 radical (unpaired) electrons. The molecular formula is C22H19ClN4O4. The number of carbonyl (C=O) groups excluding carboxylic acids is 1. The number of ether oxygens (including phenoxy) is 2. The fourth-order valence-electron chi connectivity index (χ4n) is 3.05. The van der Waals surface area contributed by atoms with Gasteiger partial charge in [-0.15, -0.1) is 0 Å². The van der Waals surface area contributed by atoms with Crippen LogP contribution in [0.3, 0.4) is 0 Å². The van der Waals surface area contributed by atoms with E-state index in [0.29, 0.717) is 39.6 Å². The molecule has 0 aliphatic carbocycles. The van der Waals surface area contributed by atoms with E-state index in [1.54, 1.807) is 67.4 Å². The smallest absolute Gasteiger partial charge is 0.274 e. The molecule has 2 heterocycles. The molecular weight excluding hydrogens is 420 g/mol. The molecule has 0 atom stereocenters. The van der Waals surface area contributed by atoms with Crippen LogP contribution in [0, 0.1) is 0 Å². The van der Waals surface area contributed by atoms with E-state index in [1.165, 1.54) is 0 Å². The summed E-state index contributed by atoms with van der Waals surface area (Å²) >= 11 is 6.04. The number of benzene rings is 2. The topological polar surface area (TPSA) is 91.4 Å². The number of hydrogen-bond donors (Lipinski definition) is 1. The summed E-state index contributed by atoms with van der Waals surface area (Å²) in [5.74, 6) is 1.64. The second kappa shape index (κ2) is 8.93. The van der Waals surface area contributed by atoms with E-state index in [0.717, 1.165) is 5.56 Å². The number of amides is 1. The summed E-state index contributed by atoms with van der Waals surface area (Å²) in [6, 6.07) is 15.9. The van der Waals surface area contributed by atoms with Crippen LogP contribution >= 0.6 is 11.6 Å². The van der Waals surface area contributed by atoms with Crippen LogP contribution < -0.4 is 14.8 Å². The Labute approximate surface area is 183 Å².